The van der Waals surface area contributed by atoms with Gasteiger partial charge in [-0.3, -0.25) is 0 Å². The normalized spacial score (nSPS) is 18.2. The Bertz CT molecular complexity index is 459. The number of hydrogen-bond acceptors (Lipinski definition) is 4. The highest BCUT2D eigenvalue weighted by molar-refractivity contribution is 9.10. The van der Waals surface area contributed by atoms with Crippen LogP contribution in [0.5, 0.6) is 0 Å². The summed E-state index contributed by atoms with van der Waals surface area (Å²) >= 11 is 9.65. The summed E-state index contributed by atoms with van der Waals surface area (Å²) in [4.78, 5) is 9.10. The van der Waals surface area contributed by atoms with Crippen LogP contribution in [0.25, 0.3) is 0 Å². The molecule has 0 spiro atoms. The summed E-state index contributed by atoms with van der Waals surface area (Å²) in [5.41, 5.74) is 0.381. The van der Waals surface area contributed by atoms with Gasteiger partial charge in [-0.1, -0.05) is 30.9 Å². The van der Waals surface area contributed by atoms with Crippen molar-refractivity contribution in [3.63, 3.8) is 0 Å². The smallest absolute Gasteiger partial charge is 0.162 e. The fourth-order valence-electron chi connectivity index (χ4n) is 2.73. The van der Waals surface area contributed by atoms with Crippen molar-refractivity contribution in [2.75, 3.05) is 13.7 Å². The van der Waals surface area contributed by atoms with Gasteiger partial charge in [-0.05, 0) is 35.7 Å². The van der Waals surface area contributed by atoms with E-state index in [1.54, 1.807) is 7.11 Å². The van der Waals surface area contributed by atoms with Crippen LogP contribution in [0.4, 0.5) is 0 Å². The fraction of sp³-hybridized carbons (Fsp3) is 0.714. The minimum atomic E-state index is -0.389. The Balaban J connectivity index is 2.42. The Morgan fingerprint density at radius 3 is 2.55 bits per heavy atom. The van der Waals surface area contributed by atoms with Crippen LogP contribution >= 0.6 is 27.5 Å². The first-order valence-electron chi connectivity index (χ1n) is 6.98. The third-order valence-electron chi connectivity index (χ3n) is 3.65. The van der Waals surface area contributed by atoms with Crippen molar-refractivity contribution < 1.29 is 9.47 Å². The second kappa shape index (κ2) is 7.16. The minimum Gasteiger partial charge on any atom is -0.378 e. The highest BCUT2D eigenvalue weighted by Crippen LogP contribution is 2.40. The van der Waals surface area contributed by atoms with Crippen LogP contribution in [-0.2, 0) is 21.7 Å². The third kappa shape index (κ3) is 3.32. The molecule has 2 rings (SSSR count). The molecule has 1 aromatic rings. The summed E-state index contributed by atoms with van der Waals surface area (Å²) in [6.07, 6.45) is 5.41. The van der Waals surface area contributed by atoms with E-state index in [1.807, 2.05) is 6.92 Å². The van der Waals surface area contributed by atoms with E-state index in [0.29, 0.717) is 28.7 Å². The van der Waals surface area contributed by atoms with Crippen molar-refractivity contribution in [1.29, 1.82) is 0 Å². The van der Waals surface area contributed by atoms with E-state index in [9.17, 15) is 0 Å². The molecule has 20 heavy (non-hydrogen) atoms. The molecule has 0 amide bonds. The van der Waals surface area contributed by atoms with Crippen molar-refractivity contribution in [2.24, 2.45) is 0 Å². The molecule has 0 bridgehead atoms. The van der Waals surface area contributed by atoms with Gasteiger partial charge in [0.2, 0.25) is 0 Å². The van der Waals surface area contributed by atoms with Crippen LogP contribution in [0.3, 0.4) is 0 Å². The molecule has 1 fully saturated rings. The van der Waals surface area contributed by atoms with E-state index in [0.717, 1.165) is 31.4 Å². The first-order valence-corrected chi connectivity index (χ1v) is 8.15. The monoisotopic (exact) mass is 362 g/mol. The lowest BCUT2D eigenvalue weighted by Crippen LogP contribution is -2.35. The summed E-state index contributed by atoms with van der Waals surface area (Å²) in [5.74, 6) is 0.694. The number of halogens is 2. The average molecular weight is 364 g/mol. The Kier molecular flexibility index (Phi) is 5.78. The fourth-order valence-corrected chi connectivity index (χ4v) is 3.21. The summed E-state index contributed by atoms with van der Waals surface area (Å²) in [6, 6.07) is 0. The number of aromatic nitrogens is 2. The second-order valence-electron chi connectivity index (χ2n) is 5.02. The first kappa shape index (κ1) is 16.1. The van der Waals surface area contributed by atoms with E-state index >= 15 is 0 Å². The zero-order valence-electron chi connectivity index (χ0n) is 11.9. The molecule has 0 unspecified atom stereocenters. The average Bonchev–Trinajstić information content (AvgIpc) is 2.45. The maximum absolute atomic E-state index is 6.23. The Morgan fingerprint density at radius 2 is 1.95 bits per heavy atom. The van der Waals surface area contributed by atoms with Gasteiger partial charge >= 0.3 is 0 Å². The van der Waals surface area contributed by atoms with Crippen LogP contribution < -0.4 is 0 Å². The van der Waals surface area contributed by atoms with Gasteiger partial charge in [0.15, 0.2) is 5.82 Å². The quantitative estimate of drug-likeness (QED) is 0.734. The van der Waals surface area contributed by atoms with Crippen LogP contribution in [0.2, 0.25) is 5.15 Å². The van der Waals surface area contributed by atoms with Crippen LogP contribution in [0.1, 0.15) is 50.5 Å². The predicted octanol–water partition coefficient (Wildman–Crippen LogP) is 4.23. The molecule has 4 nitrogen and oxygen atoms in total. The molecule has 1 aliphatic carbocycles. The molecule has 1 aromatic heterocycles. The lowest BCUT2D eigenvalue weighted by atomic mass is 9.83. The van der Waals surface area contributed by atoms with E-state index in [1.165, 1.54) is 6.42 Å². The Hall–Kier alpha value is -0.230. The topological polar surface area (TPSA) is 44.2 Å². The SMILES string of the molecule is CCOC1(c2nc(Cl)c(Br)c(COC)n2)CCCCC1. The van der Waals surface area contributed by atoms with E-state index in [4.69, 9.17) is 21.1 Å². The van der Waals surface area contributed by atoms with Crippen molar-refractivity contribution >= 4 is 27.5 Å². The van der Waals surface area contributed by atoms with E-state index < -0.39 is 0 Å². The van der Waals surface area contributed by atoms with E-state index in [2.05, 4.69) is 25.9 Å². The van der Waals surface area contributed by atoms with Crippen molar-refractivity contribution in [3.05, 3.63) is 21.1 Å². The number of hydrogen-bond donors (Lipinski definition) is 0. The Morgan fingerprint density at radius 1 is 1.25 bits per heavy atom. The van der Waals surface area contributed by atoms with Gasteiger partial charge in [0.1, 0.15) is 10.8 Å². The van der Waals surface area contributed by atoms with Crippen LogP contribution in [-0.4, -0.2) is 23.7 Å². The molecular formula is C14H20BrClN2O2. The van der Waals surface area contributed by atoms with Crippen molar-refractivity contribution in [1.82, 2.24) is 9.97 Å². The standard InChI is InChI=1S/C14H20BrClN2O2/c1-3-20-14(7-5-4-6-8-14)13-17-10(9-19-2)11(15)12(16)18-13/h3-9H2,1-2H3. The van der Waals surface area contributed by atoms with Gasteiger partial charge in [-0.25, -0.2) is 9.97 Å². The molecule has 1 aliphatic rings. The summed E-state index contributed by atoms with van der Waals surface area (Å²) in [6.45, 7) is 3.06. The zero-order valence-corrected chi connectivity index (χ0v) is 14.3. The van der Waals surface area contributed by atoms with Crippen molar-refractivity contribution in [3.8, 4) is 0 Å². The number of nitrogens with zero attached hydrogens (tertiary/aromatic N) is 2. The zero-order chi connectivity index (χ0) is 14.6. The molecule has 1 heterocycles. The summed E-state index contributed by atoms with van der Waals surface area (Å²) in [7, 11) is 1.64. The lowest BCUT2D eigenvalue weighted by molar-refractivity contribution is -0.0769. The molecule has 112 valence electrons. The molecule has 0 N–H and O–H groups in total. The lowest BCUT2D eigenvalue weighted by Gasteiger charge is -2.35. The maximum atomic E-state index is 6.23. The highest BCUT2D eigenvalue weighted by Gasteiger charge is 2.38. The summed E-state index contributed by atoms with van der Waals surface area (Å²) in [5, 5.41) is 0.423. The number of methoxy groups -OCH3 is 1. The van der Waals surface area contributed by atoms with Gasteiger partial charge in [-0.15, -0.1) is 0 Å². The van der Waals surface area contributed by atoms with Crippen LogP contribution in [0, 0.1) is 0 Å². The van der Waals surface area contributed by atoms with Crippen molar-refractivity contribution in [2.45, 2.75) is 51.2 Å². The summed E-state index contributed by atoms with van der Waals surface area (Å²) < 4.78 is 11.9. The third-order valence-corrected chi connectivity index (χ3v) is 4.98. The van der Waals surface area contributed by atoms with Crippen LogP contribution in [0.15, 0.2) is 4.47 Å². The van der Waals surface area contributed by atoms with Gasteiger partial charge < -0.3 is 9.47 Å². The van der Waals surface area contributed by atoms with Gasteiger partial charge in [-0.2, -0.15) is 0 Å². The Labute approximate surface area is 133 Å². The predicted molar refractivity (Wildman–Crippen MR) is 81.8 cm³/mol. The molecule has 0 atom stereocenters. The molecule has 1 saturated carbocycles. The van der Waals surface area contributed by atoms with E-state index in [-0.39, 0.29) is 5.60 Å². The second-order valence-corrected chi connectivity index (χ2v) is 6.17. The number of ether oxygens (including phenoxy) is 2. The largest absolute Gasteiger partial charge is 0.378 e. The molecule has 0 aliphatic heterocycles. The number of rotatable bonds is 5. The molecule has 6 heteroatoms. The first-order chi connectivity index (χ1) is 9.63. The minimum absolute atomic E-state index is 0.389. The molecule has 0 aromatic carbocycles. The maximum Gasteiger partial charge on any atom is 0.162 e. The van der Waals surface area contributed by atoms with Gasteiger partial charge in [0.25, 0.3) is 0 Å². The molecule has 0 saturated heterocycles. The van der Waals surface area contributed by atoms with Gasteiger partial charge in [0.05, 0.1) is 16.8 Å². The van der Waals surface area contributed by atoms with Gasteiger partial charge in [0, 0.05) is 13.7 Å². The highest BCUT2D eigenvalue weighted by atomic mass is 79.9. The molecular weight excluding hydrogens is 344 g/mol. The molecule has 0 radical (unpaired) electrons.